The molecule has 21 heavy (non-hydrogen) atoms. The molecule has 1 aromatic carbocycles. The first-order valence-corrected chi connectivity index (χ1v) is 8.03. The normalized spacial score (nSPS) is 24.6. The van der Waals surface area contributed by atoms with Gasteiger partial charge in [0.05, 0.1) is 0 Å². The fraction of sp³-hybridized carbons (Fsp3) is 0.588. The minimum Gasteiger partial charge on any atom is -0.371 e. The highest BCUT2D eigenvalue weighted by molar-refractivity contribution is 6.03. The Morgan fingerprint density at radius 1 is 1.43 bits per heavy atom. The summed E-state index contributed by atoms with van der Waals surface area (Å²) >= 11 is 0. The van der Waals surface area contributed by atoms with Gasteiger partial charge < -0.3 is 15.5 Å². The van der Waals surface area contributed by atoms with E-state index in [2.05, 4.69) is 47.6 Å². The van der Waals surface area contributed by atoms with Crippen LogP contribution in [0.4, 0.5) is 11.4 Å². The average molecular weight is 287 g/mol. The Labute approximate surface area is 126 Å². The molecule has 2 atom stereocenters. The molecule has 0 saturated carbocycles. The van der Waals surface area contributed by atoms with E-state index >= 15 is 0 Å². The topological polar surface area (TPSA) is 44.4 Å². The van der Waals surface area contributed by atoms with Crippen LogP contribution in [0.25, 0.3) is 0 Å². The van der Waals surface area contributed by atoms with E-state index in [1.54, 1.807) is 0 Å². The van der Waals surface area contributed by atoms with Crippen molar-refractivity contribution in [3.05, 3.63) is 23.8 Å². The SMILES string of the molecule is CCNC1C(=O)Nc2cc(N3CCC(C(C)C)C3)ccc21. The van der Waals surface area contributed by atoms with Crippen molar-refractivity contribution >= 4 is 17.3 Å². The number of carbonyl (C=O) groups excluding carboxylic acids is 1. The van der Waals surface area contributed by atoms with Gasteiger partial charge in [0.1, 0.15) is 6.04 Å². The number of benzene rings is 1. The summed E-state index contributed by atoms with van der Waals surface area (Å²) in [7, 11) is 0. The van der Waals surface area contributed by atoms with Gasteiger partial charge in [-0.25, -0.2) is 0 Å². The molecule has 3 rings (SSSR count). The molecule has 1 amide bonds. The molecule has 0 spiro atoms. The third-order valence-corrected chi connectivity index (χ3v) is 4.81. The third-order valence-electron chi connectivity index (χ3n) is 4.81. The second kappa shape index (κ2) is 5.68. The van der Waals surface area contributed by atoms with Crippen LogP contribution in [0.15, 0.2) is 18.2 Å². The van der Waals surface area contributed by atoms with Gasteiger partial charge in [0.25, 0.3) is 0 Å². The number of carbonyl (C=O) groups is 1. The van der Waals surface area contributed by atoms with Crippen molar-refractivity contribution in [2.75, 3.05) is 29.9 Å². The Balaban J connectivity index is 1.79. The fourth-order valence-corrected chi connectivity index (χ4v) is 3.42. The van der Waals surface area contributed by atoms with Crippen molar-refractivity contribution in [1.82, 2.24) is 5.32 Å². The molecule has 0 bridgehead atoms. The minimum absolute atomic E-state index is 0.0606. The summed E-state index contributed by atoms with van der Waals surface area (Å²) in [5.41, 5.74) is 3.27. The molecule has 2 heterocycles. The first-order chi connectivity index (χ1) is 10.1. The number of anilines is 2. The van der Waals surface area contributed by atoms with Gasteiger partial charge in [-0.2, -0.15) is 0 Å². The van der Waals surface area contributed by atoms with Crippen LogP contribution in [0.3, 0.4) is 0 Å². The number of nitrogens with one attached hydrogen (secondary N) is 2. The van der Waals surface area contributed by atoms with Crippen molar-refractivity contribution in [2.45, 2.75) is 33.2 Å². The molecular weight excluding hydrogens is 262 g/mol. The van der Waals surface area contributed by atoms with E-state index in [1.165, 1.54) is 12.1 Å². The first-order valence-electron chi connectivity index (χ1n) is 8.03. The highest BCUT2D eigenvalue weighted by atomic mass is 16.2. The fourth-order valence-electron chi connectivity index (χ4n) is 3.42. The maximum Gasteiger partial charge on any atom is 0.246 e. The lowest BCUT2D eigenvalue weighted by atomic mass is 9.95. The van der Waals surface area contributed by atoms with Crippen molar-refractivity contribution in [1.29, 1.82) is 0 Å². The van der Waals surface area contributed by atoms with Crippen LogP contribution in [0, 0.1) is 11.8 Å². The van der Waals surface area contributed by atoms with E-state index < -0.39 is 0 Å². The number of hydrogen-bond acceptors (Lipinski definition) is 3. The first kappa shape index (κ1) is 14.4. The number of hydrogen-bond donors (Lipinski definition) is 2. The van der Waals surface area contributed by atoms with Crippen molar-refractivity contribution < 1.29 is 4.79 Å². The lowest BCUT2D eigenvalue weighted by molar-refractivity contribution is -0.117. The van der Waals surface area contributed by atoms with Crippen LogP contribution in [0.5, 0.6) is 0 Å². The Kier molecular flexibility index (Phi) is 3.89. The highest BCUT2D eigenvalue weighted by Crippen LogP contribution is 2.36. The maximum absolute atomic E-state index is 12.0. The summed E-state index contributed by atoms with van der Waals surface area (Å²) in [5, 5.41) is 6.24. The van der Waals surface area contributed by atoms with E-state index in [4.69, 9.17) is 0 Å². The van der Waals surface area contributed by atoms with Gasteiger partial charge in [-0.1, -0.05) is 26.8 Å². The summed E-state index contributed by atoms with van der Waals surface area (Å²) in [5.74, 6) is 1.58. The quantitative estimate of drug-likeness (QED) is 0.895. The molecule has 0 aromatic heterocycles. The molecule has 2 aliphatic heterocycles. The molecule has 0 radical (unpaired) electrons. The largest absolute Gasteiger partial charge is 0.371 e. The van der Waals surface area contributed by atoms with Crippen LogP contribution in [0.2, 0.25) is 0 Å². The Morgan fingerprint density at radius 2 is 2.24 bits per heavy atom. The zero-order chi connectivity index (χ0) is 15.0. The van der Waals surface area contributed by atoms with E-state index in [0.717, 1.165) is 42.7 Å². The van der Waals surface area contributed by atoms with Gasteiger partial charge in [-0.3, -0.25) is 4.79 Å². The van der Waals surface area contributed by atoms with Crippen LogP contribution < -0.4 is 15.5 Å². The standard InChI is InChI=1S/C17H25N3O/c1-4-18-16-14-6-5-13(9-15(14)19-17(16)21)20-8-7-12(10-20)11(2)3/h5-6,9,11-12,16,18H,4,7-8,10H2,1-3H3,(H,19,21). The summed E-state index contributed by atoms with van der Waals surface area (Å²) in [4.78, 5) is 14.5. The van der Waals surface area contributed by atoms with Gasteiger partial charge in [-0.15, -0.1) is 0 Å². The minimum atomic E-state index is -0.193. The second-order valence-electron chi connectivity index (χ2n) is 6.49. The summed E-state index contributed by atoms with van der Waals surface area (Å²) in [6.45, 7) is 9.67. The zero-order valence-corrected chi connectivity index (χ0v) is 13.1. The maximum atomic E-state index is 12.0. The van der Waals surface area contributed by atoms with Crippen LogP contribution in [0.1, 0.15) is 38.8 Å². The van der Waals surface area contributed by atoms with Crippen molar-refractivity contribution in [3.8, 4) is 0 Å². The van der Waals surface area contributed by atoms with E-state index in [9.17, 15) is 4.79 Å². The van der Waals surface area contributed by atoms with Gasteiger partial charge in [0.15, 0.2) is 0 Å². The molecule has 1 saturated heterocycles. The molecule has 2 N–H and O–H groups in total. The molecular formula is C17H25N3O. The number of fused-ring (bicyclic) bond motifs is 1. The summed E-state index contributed by atoms with van der Waals surface area (Å²) < 4.78 is 0. The van der Waals surface area contributed by atoms with Crippen LogP contribution in [-0.4, -0.2) is 25.5 Å². The predicted molar refractivity (Wildman–Crippen MR) is 86.6 cm³/mol. The third kappa shape index (κ3) is 2.64. The van der Waals surface area contributed by atoms with Crippen molar-refractivity contribution in [3.63, 3.8) is 0 Å². The monoisotopic (exact) mass is 287 g/mol. The summed E-state index contributed by atoms with van der Waals surface area (Å²) in [6, 6.07) is 6.19. The van der Waals surface area contributed by atoms with E-state index in [-0.39, 0.29) is 11.9 Å². The number of amides is 1. The molecule has 114 valence electrons. The molecule has 0 aliphatic carbocycles. The Morgan fingerprint density at radius 3 is 2.90 bits per heavy atom. The number of likely N-dealkylation sites (N-methyl/N-ethyl adjacent to an activating group) is 1. The Bertz CT molecular complexity index is 541. The average Bonchev–Trinajstić information content (AvgIpc) is 3.04. The van der Waals surface area contributed by atoms with E-state index in [0.29, 0.717) is 0 Å². The van der Waals surface area contributed by atoms with Gasteiger partial charge in [0, 0.05) is 30.0 Å². The molecule has 4 nitrogen and oxygen atoms in total. The predicted octanol–water partition coefficient (Wildman–Crippen LogP) is 2.77. The van der Waals surface area contributed by atoms with E-state index in [1.807, 2.05) is 6.92 Å². The molecule has 1 aromatic rings. The second-order valence-corrected chi connectivity index (χ2v) is 6.49. The zero-order valence-electron chi connectivity index (χ0n) is 13.1. The molecule has 1 fully saturated rings. The number of rotatable bonds is 4. The lowest BCUT2D eigenvalue weighted by Gasteiger charge is -2.21. The van der Waals surface area contributed by atoms with Gasteiger partial charge in [-0.05, 0) is 36.9 Å². The lowest BCUT2D eigenvalue weighted by Crippen LogP contribution is -2.27. The van der Waals surface area contributed by atoms with Crippen LogP contribution >= 0.6 is 0 Å². The van der Waals surface area contributed by atoms with Crippen molar-refractivity contribution in [2.24, 2.45) is 11.8 Å². The Hall–Kier alpha value is -1.55. The molecule has 2 unspecified atom stereocenters. The number of nitrogens with zero attached hydrogens (tertiary/aromatic N) is 1. The summed E-state index contributed by atoms with van der Waals surface area (Å²) in [6.07, 6.45) is 1.27. The smallest absolute Gasteiger partial charge is 0.246 e. The molecule has 4 heteroatoms. The highest BCUT2D eigenvalue weighted by Gasteiger charge is 2.31. The van der Waals surface area contributed by atoms with Gasteiger partial charge in [0.2, 0.25) is 5.91 Å². The van der Waals surface area contributed by atoms with Gasteiger partial charge >= 0.3 is 0 Å². The van der Waals surface area contributed by atoms with Crippen LogP contribution in [-0.2, 0) is 4.79 Å². The molecule has 2 aliphatic rings.